The Morgan fingerprint density at radius 2 is 1.96 bits per heavy atom. The van der Waals surface area contributed by atoms with Crippen LogP contribution in [0.25, 0.3) is 0 Å². The van der Waals surface area contributed by atoms with Gasteiger partial charge in [0.15, 0.2) is 16.6 Å². The van der Waals surface area contributed by atoms with Crippen LogP contribution in [0.1, 0.15) is 54.7 Å². The van der Waals surface area contributed by atoms with Crippen molar-refractivity contribution < 1.29 is 10.2 Å². The largest absolute Gasteiger partial charge is 0.504 e. The first-order valence-corrected chi connectivity index (χ1v) is 10.9. The van der Waals surface area contributed by atoms with Gasteiger partial charge in [0.1, 0.15) is 0 Å². The standard InChI is InChI=1S/C21H31N3O2S/c22-21-24-17-9-7-16(14-20(17)27-21)6-4-12-23-11-3-1-2-5-15-8-10-18(25)19(26)13-15/h8,10,13,16,23,25-26H,1-7,9,11-12,14H2,(H2,22,24)/t16-/m1/s1. The number of phenols is 2. The number of hydrogen-bond acceptors (Lipinski definition) is 6. The highest BCUT2D eigenvalue weighted by atomic mass is 32.1. The quantitative estimate of drug-likeness (QED) is 0.364. The summed E-state index contributed by atoms with van der Waals surface area (Å²) >= 11 is 1.67. The molecule has 0 bridgehead atoms. The third-order valence-corrected chi connectivity index (χ3v) is 6.33. The summed E-state index contributed by atoms with van der Waals surface area (Å²) in [5, 5.41) is 23.1. The molecule has 0 saturated heterocycles. The van der Waals surface area contributed by atoms with Crippen LogP contribution in [0.5, 0.6) is 11.5 Å². The maximum Gasteiger partial charge on any atom is 0.180 e. The van der Waals surface area contributed by atoms with Crippen molar-refractivity contribution in [3.8, 4) is 11.5 Å². The smallest absolute Gasteiger partial charge is 0.180 e. The Morgan fingerprint density at radius 3 is 2.81 bits per heavy atom. The minimum Gasteiger partial charge on any atom is -0.504 e. The van der Waals surface area contributed by atoms with Gasteiger partial charge >= 0.3 is 0 Å². The van der Waals surface area contributed by atoms with E-state index in [0.717, 1.165) is 55.4 Å². The number of thiazole rings is 1. The van der Waals surface area contributed by atoms with Gasteiger partial charge in [0, 0.05) is 4.88 Å². The number of nitrogens with two attached hydrogens (primary N) is 1. The zero-order valence-corrected chi connectivity index (χ0v) is 16.7. The van der Waals surface area contributed by atoms with E-state index in [9.17, 15) is 10.2 Å². The van der Waals surface area contributed by atoms with Crippen molar-refractivity contribution >= 4 is 16.5 Å². The average molecular weight is 390 g/mol. The maximum atomic E-state index is 9.50. The van der Waals surface area contributed by atoms with Gasteiger partial charge in [-0.2, -0.15) is 0 Å². The Hall–Kier alpha value is -1.79. The second-order valence-electron chi connectivity index (χ2n) is 7.56. The summed E-state index contributed by atoms with van der Waals surface area (Å²) in [6, 6.07) is 5.09. The van der Waals surface area contributed by atoms with E-state index in [1.165, 1.54) is 42.7 Å². The van der Waals surface area contributed by atoms with Gasteiger partial charge in [-0.15, -0.1) is 11.3 Å². The number of aromatic nitrogens is 1. The molecule has 27 heavy (non-hydrogen) atoms. The topological polar surface area (TPSA) is 91.4 Å². The summed E-state index contributed by atoms with van der Waals surface area (Å²) in [5.74, 6) is 0.718. The van der Waals surface area contributed by atoms with Crippen LogP contribution in [0, 0.1) is 5.92 Å². The van der Waals surface area contributed by atoms with Gasteiger partial charge < -0.3 is 21.3 Å². The molecule has 0 aliphatic heterocycles. The van der Waals surface area contributed by atoms with Crippen molar-refractivity contribution in [1.82, 2.24) is 10.3 Å². The normalized spacial score (nSPS) is 16.4. The molecule has 1 aromatic carbocycles. The zero-order chi connectivity index (χ0) is 19.1. The first-order chi connectivity index (χ1) is 13.1. The van der Waals surface area contributed by atoms with Crippen molar-refractivity contribution in [3.05, 3.63) is 34.3 Å². The lowest BCUT2D eigenvalue weighted by Gasteiger charge is -2.20. The van der Waals surface area contributed by atoms with E-state index in [1.807, 2.05) is 6.07 Å². The van der Waals surface area contributed by atoms with Crippen LogP contribution in [0.4, 0.5) is 5.13 Å². The number of rotatable bonds is 10. The fourth-order valence-electron chi connectivity index (χ4n) is 3.83. The van der Waals surface area contributed by atoms with E-state index < -0.39 is 0 Å². The molecule has 3 rings (SSSR count). The molecule has 0 amide bonds. The van der Waals surface area contributed by atoms with Crippen molar-refractivity contribution in [1.29, 1.82) is 0 Å². The molecule has 2 aromatic rings. The van der Waals surface area contributed by atoms with Crippen LogP contribution in [-0.2, 0) is 19.3 Å². The third-order valence-electron chi connectivity index (χ3n) is 5.38. The first kappa shape index (κ1) is 20.0. The van der Waals surface area contributed by atoms with Gasteiger partial charge in [0.05, 0.1) is 5.69 Å². The first-order valence-electron chi connectivity index (χ1n) is 10.1. The second-order valence-corrected chi connectivity index (χ2v) is 8.67. The molecule has 0 radical (unpaired) electrons. The molecule has 0 saturated carbocycles. The van der Waals surface area contributed by atoms with Crippen molar-refractivity contribution in [2.75, 3.05) is 18.8 Å². The average Bonchev–Trinajstić information content (AvgIpc) is 3.02. The molecular weight excluding hydrogens is 358 g/mol. The van der Waals surface area contributed by atoms with Crippen molar-refractivity contribution in [3.63, 3.8) is 0 Å². The summed E-state index contributed by atoms with van der Waals surface area (Å²) in [7, 11) is 0. The SMILES string of the molecule is Nc1nc2c(s1)C[C@H](CCCNCCCCCc1ccc(O)c(O)c1)CC2. The van der Waals surface area contributed by atoms with Crippen LogP contribution < -0.4 is 11.1 Å². The number of nitrogen functional groups attached to an aromatic ring is 1. The Labute approximate surface area is 165 Å². The zero-order valence-electron chi connectivity index (χ0n) is 15.9. The van der Waals surface area contributed by atoms with Crippen molar-refractivity contribution in [2.45, 2.75) is 57.8 Å². The lowest BCUT2D eigenvalue weighted by atomic mass is 9.88. The molecule has 5 nitrogen and oxygen atoms in total. The van der Waals surface area contributed by atoms with Crippen LogP contribution >= 0.6 is 11.3 Å². The van der Waals surface area contributed by atoms with E-state index >= 15 is 0 Å². The van der Waals surface area contributed by atoms with Crippen molar-refractivity contribution in [2.24, 2.45) is 5.92 Å². The van der Waals surface area contributed by atoms with Gasteiger partial charge in [-0.1, -0.05) is 12.5 Å². The number of nitrogens with zero attached hydrogens (tertiary/aromatic N) is 1. The van der Waals surface area contributed by atoms with Gasteiger partial charge in [-0.25, -0.2) is 4.98 Å². The molecule has 148 valence electrons. The monoisotopic (exact) mass is 389 g/mol. The number of nitrogens with one attached hydrogen (secondary N) is 1. The molecular formula is C21H31N3O2S. The highest BCUT2D eigenvalue weighted by Gasteiger charge is 2.21. The molecule has 0 fully saturated rings. The van der Waals surface area contributed by atoms with E-state index in [-0.39, 0.29) is 11.5 Å². The lowest BCUT2D eigenvalue weighted by molar-refractivity contribution is 0.403. The highest BCUT2D eigenvalue weighted by molar-refractivity contribution is 7.15. The van der Waals surface area contributed by atoms with E-state index in [2.05, 4.69) is 10.3 Å². The van der Waals surface area contributed by atoms with Gasteiger partial charge in [0.2, 0.25) is 0 Å². The van der Waals surface area contributed by atoms with Crippen LogP contribution in [0.2, 0.25) is 0 Å². The third kappa shape index (κ3) is 6.11. The highest BCUT2D eigenvalue weighted by Crippen LogP contribution is 2.32. The molecule has 6 heteroatoms. The number of phenolic OH excluding ortho intramolecular Hbond substituents is 2. The van der Waals surface area contributed by atoms with E-state index in [4.69, 9.17) is 5.73 Å². The number of aromatic hydroxyl groups is 2. The predicted octanol–water partition coefficient (Wildman–Crippen LogP) is 4.02. The Balaban J connectivity index is 1.19. The molecule has 1 atom stereocenters. The fraction of sp³-hybridized carbons (Fsp3) is 0.571. The molecule has 1 aliphatic carbocycles. The Bertz CT molecular complexity index is 732. The Morgan fingerprint density at radius 1 is 1.11 bits per heavy atom. The summed E-state index contributed by atoms with van der Waals surface area (Å²) < 4.78 is 0. The molecule has 0 unspecified atom stereocenters. The number of hydrogen-bond donors (Lipinski definition) is 4. The fourth-order valence-corrected chi connectivity index (χ4v) is 4.82. The minimum atomic E-state index is -0.0483. The van der Waals surface area contributed by atoms with E-state index in [1.54, 1.807) is 23.5 Å². The number of anilines is 1. The number of benzene rings is 1. The predicted molar refractivity (Wildman–Crippen MR) is 111 cm³/mol. The molecule has 1 heterocycles. The second kappa shape index (κ2) is 9.95. The van der Waals surface area contributed by atoms with Crippen LogP contribution in [0.3, 0.4) is 0 Å². The van der Waals surface area contributed by atoms with Gasteiger partial charge in [0.25, 0.3) is 0 Å². The molecule has 1 aliphatic rings. The van der Waals surface area contributed by atoms with Gasteiger partial charge in [-0.3, -0.25) is 0 Å². The maximum absolute atomic E-state index is 9.50. The summed E-state index contributed by atoms with van der Waals surface area (Å²) in [6.07, 6.45) is 10.4. The summed E-state index contributed by atoms with van der Waals surface area (Å²) in [5.41, 5.74) is 8.14. The lowest BCUT2D eigenvalue weighted by Crippen LogP contribution is -2.19. The molecule has 5 N–H and O–H groups in total. The molecule has 1 aromatic heterocycles. The van der Waals surface area contributed by atoms with Gasteiger partial charge in [-0.05, 0) is 88.1 Å². The van der Waals surface area contributed by atoms with Crippen LogP contribution in [-0.4, -0.2) is 28.3 Å². The number of aryl methyl sites for hydroxylation is 2. The number of fused-ring (bicyclic) bond motifs is 1. The number of unbranched alkanes of at least 4 members (excludes halogenated alkanes) is 2. The summed E-state index contributed by atoms with van der Waals surface area (Å²) in [6.45, 7) is 2.17. The van der Waals surface area contributed by atoms with E-state index in [0.29, 0.717) is 0 Å². The van der Waals surface area contributed by atoms with Crippen LogP contribution in [0.15, 0.2) is 18.2 Å². The Kier molecular flexibility index (Phi) is 7.35. The molecule has 0 spiro atoms. The summed E-state index contributed by atoms with van der Waals surface area (Å²) in [4.78, 5) is 5.83. The minimum absolute atomic E-state index is 0.0258.